The molecule has 118 valence electrons. The molecule has 1 aromatic carbocycles. The monoisotopic (exact) mass is 306 g/mol. The summed E-state index contributed by atoms with van der Waals surface area (Å²) in [4.78, 5) is 35.7. The van der Waals surface area contributed by atoms with E-state index in [1.165, 1.54) is 24.6 Å². The number of carbonyl (C=O) groups excluding carboxylic acids is 2. The van der Waals surface area contributed by atoms with E-state index in [2.05, 4.69) is 10.9 Å². The Morgan fingerprint density at radius 2 is 1.91 bits per heavy atom. The topological polar surface area (TPSA) is 105 Å². The molecule has 0 saturated carbocycles. The van der Waals surface area contributed by atoms with Gasteiger partial charge < -0.3 is 0 Å². The molecule has 2 N–H and O–H groups in total. The number of rotatable bonds is 4. The van der Waals surface area contributed by atoms with E-state index in [1.54, 1.807) is 0 Å². The molecule has 0 atom stereocenters. The summed E-state index contributed by atoms with van der Waals surface area (Å²) >= 11 is 0. The zero-order valence-electron chi connectivity index (χ0n) is 12.1. The number of carbonyl (C=O) groups is 2. The number of non-ortho nitro benzene ring substituents is 1. The number of hydrogen-bond acceptors (Lipinski definition) is 5. The van der Waals surface area contributed by atoms with Crippen LogP contribution >= 0.6 is 0 Å². The van der Waals surface area contributed by atoms with Gasteiger partial charge in [-0.2, -0.15) is 0 Å². The first-order valence-electron chi connectivity index (χ1n) is 7.12. The second-order valence-electron chi connectivity index (χ2n) is 5.15. The molecule has 1 aliphatic heterocycles. The van der Waals surface area contributed by atoms with Crippen molar-refractivity contribution >= 4 is 17.5 Å². The van der Waals surface area contributed by atoms with Gasteiger partial charge in [-0.05, 0) is 32.0 Å². The number of benzene rings is 1. The van der Waals surface area contributed by atoms with Crippen LogP contribution in [0.1, 0.15) is 29.6 Å². The molecular weight excluding hydrogens is 288 g/mol. The molecule has 8 heteroatoms. The number of nitrogens with zero attached hydrogens (tertiary/aromatic N) is 2. The highest BCUT2D eigenvalue weighted by Crippen LogP contribution is 2.12. The number of likely N-dealkylation sites (tertiary alicyclic amines) is 1. The molecule has 1 fully saturated rings. The Bertz CT molecular complexity index is 570. The van der Waals surface area contributed by atoms with Crippen LogP contribution in [0.3, 0.4) is 0 Å². The lowest BCUT2D eigenvalue weighted by Gasteiger charge is -2.25. The molecule has 0 aliphatic carbocycles. The van der Waals surface area contributed by atoms with Crippen LogP contribution in [0, 0.1) is 10.1 Å². The SMILES string of the molecule is O=C(CN1CCCCC1)NNC(=O)c1cccc([N+](=O)[O-])c1. The Morgan fingerprint density at radius 3 is 2.59 bits per heavy atom. The molecule has 0 bridgehead atoms. The smallest absolute Gasteiger partial charge is 0.270 e. The number of nitro groups is 1. The minimum Gasteiger partial charge on any atom is -0.294 e. The maximum Gasteiger partial charge on any atom is 0.270 e. The molecule has 8 nitrogen and oxygen atoms in total. The molecule has 22 heavy (non-hydrogen) atoms. The lowest BCUT2D eigenvalue weighted by molar-refractivity contribution is -0.384. The van der Waals surface area contributed by atoms with E-state index >= 15 is 0 Å². The van der Waals surface area contributed by atoms with Crippen molar-refractivity contribution < 1.29 is 14.5 Å². The minimum absolute atomic E-state index is 0.118. The van der Waals surface area contributed by atoms with Gasteiger partial charge in [0.15, 0.2) is 0 Å². The van der Waals surface area contributed by atoms with Crippen molar-refractivity contribution in [3.05, 3.63) is 39.9 Å². The van der Waals surface area contributed by atoms with Crippen molar-refractivity contribution in [3.63, 3.8) is 0 Å². The van der Waals surface area contributed by atoms with E-state index < -0.39 is 10.8 Å². The first-order valence-corrected chi connectivity index (χ1v) is 7.12. The van der Waals surface area contributed by atoms with E-state index in [-0.39, 0.29) is 23.7 Å². The molecule has 1 saturated heterocycles. The molecule has 0 radical (unpaired) electrons. The normalized spacial score (nSPS) is 15.1. The van der Waals surface area contributed by atoms with Crippen molar-refractivity contribution in [3.8, 4) is 0 Å². The summed E-state index contributed by atoms with van der Waals surface area (Å²) in [5.74, 6) is -0.892. The molecule has 0 unspecified atom stereocenters. The fraction of sp³-hybridized carbons (Fsp3) is 0.429. The zero-order valence-corrected chi connectivity index (χ0v) is 12.1. The minimum atomic E-state index is -0.587. The van der Waals surface area contributed by atoms with Gasteiger partial charge in [0.25, 0.3) is 17.5 Å². The van der Waals surface area contributed by atoms with Gasteiger partial charge in [-0.1, -0.05) is 12.5 Å². The average Bonchev–Trinajstić information content (AvgIpc) is 2.53. The van der Waals surface area contributed by atoms with Gasteiger partial charge in [0.2, 0.25) is 0 Å². The standard InChI is InChI=1S/C14H18N4O4/c19-13(10-17-7-2-1-3-8-17)15-16-14(20)11-5-4-6-12(9-11)18(21)22/h4-6,9H,1-3,7-8,10H2,(H,15,19)(H,16,20). The summed E-state index contributed by atoms with van der Waals surface area (Å²) in [5, 5.41) is 10.7. The number of hydrazine groups is 1. The quantitative estimate of drug-likeness (QED) is 0.633. The van der Waals surface area contributed by atoms with E-state index in [1.807, 2.05) is 4.90 Å². The third-order valence-electron chi connectivity index (χ3n) is 3.45. The van der Waals surface area contributed by atoms with Gasteiger partial charge >= 0.3 is 0 Å². The fourth-order valence-electron chi connectivity index (χ4n) is 2.32. The van der Waals surface area contributed by atoms with Crippen LogP contribution in [-0.4, -0.2) is 41.3 Å². The fourth-order valence-corrected chi connectivity index (χ4v) is 2.32. The van der Waals surface area contributed by atoms with Crippen molar-refractivity contribution in [2.75, 3.05) is 19.6 Å². The maximum absolute atomic E-state index is 11.9. The molecule has 2 rings (SSSR count). The lowest BCUT2D eigenvalue weighted by atomic mass is 10.1. The molecular formula is C14H18N4O4. The first kappa shape index (κ1) is 15.9. The van der Waals surface area contributed by atoms with Crippen molar-refractivity contribution in [2.45, 2.75) is 19.3 Å². The Labute approximate surface area is 127 Å². The number of hydrogen-bond donors (Lipinski definition) is 2. The van der Waals surface area contributed by atoms with Crippen LogP contribution in [0.2, 0.25) is 0 Å². The maximum atomic E-state index is 11.9. The van der Waals surface area contributed by atoms with Gasteiger partial charge in [0.05, 0.1) is 11.5 Å². The van der Waals surface area contributed by atoms with Gasteiger partial charge in [0.1, 0.15) is 0 Å². The van der Waals surface area contributed by atoms with Crippen molar-refractivity contribution in [1.29, 1.82) is 0 Å². The highest BCUT2D eigenvalue weighted by Gasteiger charge is 2.15. The Kier molecular flexibility index (Phi) is 5.42. The summed E-state index contributed by atoms with van der Waals surface area (Å²) in [5.41, 5.74) is 4.54. The predicted octanol–water partition coefficient (Wildman–Crippen LogP) is 0.842. The summed E-state index contributed by atoms with van der Waals surface area (Å²) < 4.78 is 0. The molecule has 1 heterocycles. The highest BCUT2D eigenvalue weighted by atomic mass is 16.6. The van der Waals surface area contributed by atoms with Crippen LogP contribution in [0.4, 0.5) is 5.69 Å². The Morgan fingerprint density at radius 1 is 1.18 bits per heavy atom. The van der Waals surface area contributed by atoms with Crippen molar-refractivity contribution in [1.82, 2.24) is 15.8 Å². The molecule has 0 aromatic heterocycles. The van der Waals surface area contributed by atoms with E-state index in [0.717, 1.165) is 32.0 Å². The molecule has 0 spiro atoms. The average molecular weight is 306 g/mol. The summed E-state index contributed by atoms with van der Waals surface area (Å²) in [7, 11) is 0. The van der Waals surface area contributed by atoms with Gasteiger partial charge in [-0.3, -0.25) is 35.5 Å². The van der Waals surface area contributed by atoms with Gasteiger partial charge in [-0.25, -0.2) is 0 Å². The summed E-state index contributed by atoms with van der Waals surface area (Å²) in [6.07, 6.45) is 3.34. The molecule has 2 amide bonds. The van der Waals surface area contributed by atoms with E-state index in [9.17, 15) is 19.7 Å². The molecule has 1 aromatic rings. The predicted molar refractivity (Wildman–Crippen MR) is 79.0 cm³/mol. The third-order valence-corrected chi connectivity index (χ3v) is 3.45. The number of amides is 2. The zero-order chi connectivity index (χ0) is 15.9. The number of nitro benzene ring substituents is 1. The number of nitrogens with one attached hydrogen (secondary N) is 2. The summed E-state index contributed by atoms with van der Waals surface area (Å²) in [6.45, 7) is 1.99. The van der Waals surface area contributed by atoms with E-state index in [0.29, 0.717) is 0 Å². The summed E-state index contributed by atoms with van der Waals surface area (Å²) in [6, 6.07) is 5.32. The Balaban J connectivity index is 1.82. The largest absolute Gasteiger partial charge is 0.294 e. The first-order chi connectivity index (χ1) is 10.6. The van der Waals surface area contributed by atoms with Crippen molar-refractivity contribution in [2.24, 2.45) is 0 Å². The van der Waals surface area contributed by atoms with Crippen LogP contribution in [0.25, 0.3) is 0 Å². The van der Waals surface area contributed by atoms with Crippen LogP contribution in [-0.2, 0) is 4.79 Å². The lowest BCUT2D eigenvalue weighted by Crippen LogP contribution is -2.47. The van der Waals surface area contributed by atoms with Crippen LogP contribution in [0.15, 0.2) is 24.3 Å². The highest BCUT2D eigenvalue weighted by molar-refractivity contribution is 5.96. The second-order valence-corrected chi connectivity index (χ2v) is 5.15. The van der Waals surface area contributed by atoms with Crippen LogP contribution in [0.5, 0.6) is 0 Å². The van der Waals surface area contributed by atoms with Gasteiger partial charge in [0, 0.05) is 17.7 Å². The second kappa shape index (κ2) is 7.51. The van der Waals surface area contributed by atoms with Crippen LogP contribution < -0.4 is 10.9 Å². The number of piperidine rings is 1. The van der Waals surface area contributed by atoms with E-state index in [4.69, 9.17) is 0 Å². The Hall–Kier alpha value is -2.48. The van der Waals surface area contributed by atoms with Gasteiger partial charge in [-0.15, -0.1) is 0 Å². The third kappa shape index (κ3) is 4.52. The molecule has 1 aliphatic rings.